The second kappa shape index (κ2) is 85.4. The summed E-state index contributed by atoms with van der Waals surface area (Å²) in [5, 5.41) is 157. The van der Waals surface area contributed by atoms with Crippen molar-refractivity contribution in [2.75, 3.05) is 46.1 Å². The lowest BCUT2D eigenvalue weighted by atomic mass is 10.0. The molecule has 4 amide bonds. The van der Waals surface area contributed by atoms with E-state index in [1.165, 1.54) is 128 Å². The van der Waals surface area contributed by atoms with Crippen LogP contribution < -0.4 is 10.6 Å². The van der Waals surface area contributed by atoms with Crippen LogP contribution in [-0.4, -0.2) is 97.8 Å². The molecular formula is C53H94N3O57P. The maximum absolute atomic E-state index is 12.9. The number of phosphoric acid groups is 1. The third-order valence-corrected chi connectivity index (χ3v) is 14.2. The predicted molar refractivity (Wildman–Crippen MR) is 321 cm³/mol. The van der Waals surface area contributed by atoms with Gasteiger partial charge in [0.05, 0.1) is 13.2 Å². The molecule has 0 saturated carbocycles. The molecule has 0 aromatic heterocycles. The summed E-state index contributed by atoms with van der Waals surface area (Å²) in [6.45, 7) is 1.53. The first-order chi connectivity index (χ1) is 56.0. The molecule has 0 aromatic rings. The Morgan fingerprint density at radius 2 is 0.693 bits per heavy atom. The standard InChI is InChI=1S/C53H94N3O57P/c1-3-5-7-9-11-13-15-17-19-21-23-25-27-29-31-33-51(60)66-45-47(71-52(61)34-32-30-28-26-24-22-20-18-16-14-12-10-8-6-4-2)46-70-114(63,64)69-42-39-55-53(62)65-43-44-68-73-75-77-79-81-83-85-87-89-91-93-95-97-99-101-103-105-107-109-111-113-112-110-108-106-104-102-100-98-96-94-92-90-88-86-84-82-80-78-76-74-72-67-41-38-54-48(57)37-40-56-49(58)35-36-50(56)59/h35-36,38,41,47H,3-34,37,39-40,42-46H2,1-2H3,(H,54,57)(H,55,62)(H,63,64)/b41-38-/t47-/m1/s1. The van der Waals surface area contributed by atoms with Crippen molar-refractivity contribution in [1.82, 2.24) is 15.5 Å². The van der Waals surface area contributed by atoms with E-state index in [2.05, 4.69) is 246 Å². The third-order valence-electron chi connectivity index (χ3n) is 13.2. The molecule has 114 heavy (non-hydrogen) atoms. The van der Waals surface area contributed by atoms with Gasteiger partial charge in [-0.3, -0.25) is 37.9 Å². The van der Waals surface area contributed by atoms with Gasteiger partial charge in [-0.05, 0) is 53.1 Å². The number of imide groups is 1. The van der Waals surface area contributed by atoms with Gasteiger partial charge in [-0.1, -0.05) is 194 Å². The van der Waals surface area contributed by atoms with Crippen LogP contribution in [0.15, 0.2) is 24.6 Å². The van der Waals surface area contributed by atoms with Crippen LogP contribution in [0.25, 0.3) is 0 Å². The number of phosphoric ester groups is 1. The molecule has 0 aromatic carbocycles. The SMILES string of the molecule is CCCCCCCCCCCCCCCCCC(=O)OC[C@H](COP(=O)(O)OCCNC(=O)OCCOOOOOOOOOOOOOOOOOOOOOOOOOOOOOOOOOOOOOOOOOOOO/C=C\NC(=O)CCN1C(=O)C=CC1=O)OC(=O)CCCCCCCCCCCCCCCCC. The molecule has 60 nitrogen and oxygen atoms in total. The van der Waals surface area contributed by atoms with Gasteiger partial charge >= 0.3 is 25.9 Å². The van der Waals surface area contributed by atoms with Crippen molar-refractivity contribution in [3.05, 3.63) is 24.6 Å². The molecule has 668 valence electrons. The fourth-order valence-corrected chi connectivity index (χ4v) is 9.04. The zero-order valence-electron chi connectivity index (χ0n) is 61.4. The van der Waals surface area contributed by atoms with Gasteiger partial charge in [0.25, 0.3) is 11.8 Å². The lowest BCUT2D eigenvalue weighted by molar-refractivity contribution is -0.909. The second-order valence-corrected chi connectivity index (χ2v) is 22.9. The Hall–Kier alpha value is -5.51. The zero-order chi connectivity index (χ0) is 82.3. The van der Waals surface area contributed by atoms with Crippen molar-refractivity contribution >= 4 is 43.6 Å². The fourth-order valence-electron chi connectivity index (χ4n) is 8.29. The Labute approximate surface area is 643 Å². The zero-order valence-corrected chi connectivity index (χ0v) is 62.3. The highest BCUT2D eigenvalue weighted by Gasteiger charge is 2.27. The fraction of sp³-hybridized carbons (Fsp3) is 0.811. The highest BCUT2D eigenvalue weighted by molar-refractivity contribution is 7.47. The minimum atomic E-state index is -4.77. The molecule has 0 spiro atoms. The summed E-state index contributed by atoms with van der Waals surface area (Å²) in [5.74, 6) is -2.74. The van der Waals surface area contributed by atoms with E-state index in [-0.39, 0.29) is 32.4 Å². The average Bonchev–Trinajstić information content (AvgIpc) is 1.73. The predicted octanol–water partition coefficient (Wildman–Crippen LogP) is 8.80. The van der Waals surface area contributed by atoms with Crippen LogP contribution in [0.1, 0.15) is 226 Å². The molecule has 0 bridgehead atoms. The Morgan fingerprint density at radius 1 is 0.377 bits per heavy atom. The van der Waals surface area contributed by atoms with Gasteiger partial charge < -0.3 is 34.6 Å². The van der Waals surface area contributed by atoms with Gasteiger partial charge in [-0.15, -0.1) is 0 Å². The highest BCUT2D eigenvalue weighted by atomic mass is 31.2. The van der Waals surface area contributed by atoms with Crippen LogP contribution in [-0.2, 0) is 273 Å². The van der Waals surface area contributed by atoms with Crippen molar-refractivity contribution in [2.24, 2.45) is 0 Å². The number of carbonyl (C=O) groups excluding carboxylic acids is 6. The van der Waals surface area contributed by atoms with Crippen molar-refractivity contribution in [3.8, 4) is 0 Å². The summed E-state index contributed by atoms with van der Waals surface area (Å²) in [6, 6.07) is 0. The minimum absolute atomic E-state index is 0.105. The molecule has 0 saturated heterocycles. The van der Waals surface area contributed by atoms with E-state index in [9.17, 15) is 38.2 Å². The topological polar surface area (TPSA) is 619 Å². The van der Waals surface area contributed by atoms with Crippen LogP contribution in [0, 0.1) is 0 Å². The number of carbonyl (C=O) groups is 6. The lowest BCUT2D eigenvalue weighted by Crippen LogP contribution is -2.33. The molecule has 1 heterocycles. The molecule has 61 heteroatoms. The number of amides is 4. The van der Waals surface area contributed by atoms with E-state index in [1.54, 1.807) is 0 Å². The number of hydrogen-bond donors (Lipinski definition) is 3. The summed E-state index contributed by atoms with van der Waals surface area (Å²) < 4.78 is 38.4. The molecular weight excluding hydrogens is 1620 g/mol. The monoisotopic (exact) mass is 1720 g/mol. The number of hydrogen-bond acceptors (Lipinski definition) is 56. The van der Waals surface area contributed by atoms with Gasteiger partial charge in [0, 0.05) is 222 Å². The van der Waals surface area contributed by atoms with E-state index in [4.69, 9.17) is 23.3 Å². The normalized spacial score (nSPS) is 13.0. The first kappa shape index (κ1) is 106. The first-order valence-corrected chi connectivity index (χ1v) is 36.1. The van der Waals surface area contributed by atoms with Crippen LogP contribution in [0.3, 0.4) is 0 Å². The Morgan fingerprint density at radius 3 is 1.04 bits per heavy atom. The molecule has 0 radical (unpaired) electrons. The average molecular weight is 1720 g/mol. The van der Waals surface area contributed by atoms with Crippen LogP contribution in [0.2, 0.25) is 0 Å². The summed E-state index contributed by atoms with van der Waals surface area (Å²) in [4.78, 5) is 91.8. The summed E-state index contributed by atoms with van der Waals surface area (Å²) >= 11 is 0. The highest BCUT2D eigenvalue weighted by Crippen LogP contribution is 2.43. The maximum atomic E-state index is 12.9. The number of esters is 2. The first-order valence-electron chi connectivity index (χ1n) is 34.6. The van der Waals surface area contributed by atoms with Gasteiger partial charge in [0.1, 0.15) is 26.1 Å². The molecule has 1 rings (SSSR count). The van der Waals surface area contributed by atoms with E-state index in [0.717, 1.165) is 80.9 Å². The van der Waals surface area contributed by atoms with Gasteiger partial charge in [-0.2, -0.15) is 0 Å². The maximum Gasteiger partial charge on any atom is 0.472 e. The quantitative estimate of drug-likeness (QED) is 0.00748. The molecule has 0 aliphatic carbocycles. The van der Waals surface area contributed by atoms with E-state index < -0.39 is 82.7 Å². The minimum Gasteiger partial charge on any atom is -0.462 e. The summed E-state index contributed by atoms with van der Waals surface area (Å²) in [7, 11) is -4.77. The Bertz CT molecular complexity index is 2300. The van der Waals surface area contributed by atoms with E-state index >= 15 is 0 Å². The Kier molecular flexibility index (Phi) is 79.8. The van der Waals surface area contributed by atoms with Crippen molar-refractivity contribution in [3.63, 3.8) is 0 Å². The number of unbranched alkanes of at least 4 members (excludes halogenated alkanes) is 28. The number of ether oxygens (including phenoxy) is 3. The second-order valence-electron chi connectivity index (χ2n) is 21.4. The summed E-state index contributed by atoms with van der Waals surface area (Å²) in [5.41, 5.74) is 0. The molecule has 1 aliphatic heterocycles. The molecule has 1 unspecified atom stereocenters. The van der Waals surface area contributed by atoms with E-state index in [1.807, 2.05) is 0 Å². The van der Waals surface area contributed by atoms with Gasteiger partial charge in [-0.25, -0.2) is 14.2 Å². The molecule has 3 N–H and O–H groups in total. The molecule has 0 fully saturated rings. The van der Waals surface area contributed by atoms with Crippen molar-refractivity contribution in [2.45, 2.75) is 232 Å². The van der Waals surface area contributed by atoms with Crippen molar-refractivity contribution < 1.29 is 283 Å². The third kappa shape index (κ3) is 79.0. The van der Waals surface area contributed by atoms with Crippen LogP contribution in [0.5, 0.6) is 0 Å². The molecule has 2 atom stereocenters. The number of rotatable bonds is 93. The smallest absolute Gasteiger partial charge is 0.462 e. The Balaban J connectivity index is 1.93. The lowest BCUT2D eigenvalue weighted by Gasteiger charge is -2.20. The van der Waals surface area contributed by atoms with Gasteiger partial charge in [0.2, 0.25) is 5.91 Å². The number of alkyl carbamates (subject to hydrolysis) is 1. The van der Waals surface area contributed by atoms with Crippen LogP contribution >= 0.6 is 7.82 Å². The number of nitrogens with zero attached hydrogens (tertiary/aromatic N) is 1. The number of nitrogens with one attached hydrogen (secondary N) is 2. The van der Waals surface area contributed by atoms with Crippen molar-refractivity contribution in [1.29, 1.82) is 0 Å². The van der Waals surface area contributed by atoms with E-state index in [0.29, 0.717) is 12.8 Å². The molecule has 1 aliphatic rings. The van der Waals surface area contributed by atoms with Crippen LogP contribution in [0.4, 0.5) is 4.79 Å². The largest absolute Gasteiger partial charge is 0.472 e. The summed E-state index contributed by atoms with van der Waals surface area (Å²) in [6.07, 6.45) is 36.9. The van der Waals surface area contributed by atoms with Gasteiger partial charge in [0.15, 0.2) is 6.10 Å².